The van der Waals surface area contributed by atoms with Crippen molar-refractivity contribution < 1.29 is 9.59 Å². The summed E-state index contributed by atoms with van der Waals surface area (Å²) < 4.78 is 0. The standard InChI is InChI=1S/C19H25Cl2N3O2/c20-15-5-4-14(11-16(15)21)19(6-2-7-19)18(26)24-10-1-3-13(12-24)17(25)23-9-8-22/h4-5,11,13H,1-3,6-10,12,22H2,(H,23,25). The number of halogens is 2. The summed E-state index contributed by atoms with van der Waals surface area (Å²) in [5, 5.41) is 3.81. The molecule has 2 amide bonds. The van der Waals surface area contributed by atoms with Crippen LogP contribution in [0.5, 0.6) is 0 Å². The van der Waals surface area contributed by atoms with Crippen LogP contribution in [0, 0.1) is 5.92 Å². The Morgan fingerprint density at radius 3 is 2.62 bits per heavy atom. The molecule has 7 heteroatoms. The number of carbonyl (C=O) groups excluding carboxylic acids is 2. The Balaban J connectivity index is 1.76. The monoisotopic (exact) mass is 397 g/mol. The zero-order valence-corrected chi connectivity index (χ0v) is 16.3. The molecule has 1 aliphatic heterocycles. The van der Waals surface area contributed by atoms with Gasteiger partial charge in [-0.1, -0.05) is 35.7 Å². The van der Waals surface area contributed by atoms with Gasteiger partial charge in [0.25, 0.3) is 0 Å². The van der Waals surface area contributed by atoms with Crippen LogP contribution in [-0.4, -0.2) is 42.9 Å². The van der Waals surface area contributed by atoms with Crippen molar-refractivity contribution in [3.05, 3.63) is 33.8 Å². The van der Waals surface area contributed by atoms with Gasteiger partial charge in [0.05, 0.1) is 21.4 Å². The number of nitrogens with zero attached hydrogens (tertiary/aromatic N) is 1. The van der Waals surface area contributed by atoms with Gasteiger partial charge in [0, 0.05) is 26.2 Å². The van der Waals surface area contributed by atoms with Crippen molar-refractivity contribution in [2.45, 2.75) is 37.5 Å². The highest BCUT2D eigenvalue weighted by Crippen LogP contribution is 2.46. The van der Waals surface area contributed by atoms with Crippen molar-refractivity contribution in [1.29, 1.82) is 0 Å². The fourth-order valence-electron chi connectivity index (χ4n) is 3.97. The van der Waals surface area contributed by atoms with Gasteiger partial charge in [0.15, 0.2) is 0 Å². The Morgan fingerprint density at radius 1 is 1.23 bits per heavy atom. The number of likely N-dealkylation sites (tertiary alicyclic amines) is 1. The van der Waals surface area contributed by atoms with E-state index in [9.17, 15) is 9.59 Å². The van der Waals surface area contributed by atoms with Gasteiger partial charge in [-0.3, -0.25) is 9.59 Å². The number of hydrogen-bond acceptors (Lipinski definition) is 3. The van der Waals surface area contributed by atoms with E-state index in [1.54, 1.807) is 6.07 Å². The second-order valence-electron chi connectivity index (χ2n) is 7.23. The van der Waals surface area contributed by atoms with Crippen molar-refractivity contribution >= 4 is 35.0 Å². The minimum atomic E-state index is -0.524. The van der Waals surface area contributed by atoms with Crippen LogP contribution < -0.4 is 11.1 Å². The van der Waals surface area contributed by atoms with E-state index in [1.807, 2.05) is 17.0 Å². The smallest absolute Gasteiger partial charge is 0.233 e. The van der Waals surface area contributed by atoms with E-state index in [2.05, 4.69) is 5.32 Å². The summed E-state index contributed by atoms with van der Waals surface area (Å²) in [4.78, 5) is 27.5. The number of piperidine rings is 1. The molecule has 0 aromatic heterocycles. The number of hydrogen-bond donors (Lipinski definition) is 2. The van der Waals surface area contributed by atoms with Crippen molar-refractivity contribution in [1.82, 2.24) is 10.2 Å². The number of benzene rings is 1. The van der Waals surface area contributed by atoms with Gasteiger partial charge >= 0.3 is 0 Å². The molecule has 1 saturated carbocycles. The largest absolute Gasteiger partial charge is 0.355 e. The van der Waals surface area contributed by atoms with Crippen LogP contribution >= 0.6 is 23.2 Å². The molecule has 3 N–H and O–H groups in total. The normalized spacial score (nSPS) is 21.8. The Labute approximate surface area is 164 Å². The molecule has 1 saturated heterocycles. The lowest BCUT2D eigenvalue weighted by Crippen LogP contribution is -2.55. The summed E-state index contributed by atoms with van der Waals surface area (Å²) in [6.45, 7) is 2.05. The van der Waals surface area contributed by atoms with E-state index < -0.39 is 5.41 Å². The second-order valence-corrected chi connectivity index (χ2v) is 8.05. The van der Waals surface area contributed by atoms with Crippen molar-refractivity contribution in [3.8, 4) is 0 Å². The summed E-state index contributed by atoms with van der Waals surface area (Å²) in [6, 6.07) is 5.48. The van der Waals surface area contributed by atoms with Crippen LogP contribution in [0.15, 0.2) is 18.2 Å². The van der Waals surface area contributed by atoms with Crippen LogP contribution in [0.25, 0.3) is 0 Å². The van der Waals surface area contributed by atoms with Crippen LogP contribution in [0.1, 0.15) is 37.7 Å². The summed E-state index contributed by atoms with van der Waals surface area (Å²) >= 11 is 12.2. The number of nitrogens with two attached hydrogens (primary N) is 1. The van der Waals surface area contributed by atoms with E-state index in [0.29, 0.717) is 36.2 Å². The van der Waals surface area contributed by atoms with Crippen LogP contribution in [-0.2, 0) is 15.0 Å². The van der Waals surface area contributed by atoms with Gasteiger partial charge in [-0.05, 0) is 43.4 Å². The first-order chi connectivity index (χ1) is 12.5. The first-order valence-electron chi connectivity index (χ1n) is 9.20. The third-order valence-corrected chi connectivity index (χ3v) is 6.35. The number of amides is 2. The molecule has 1 aromatic rings. The molecule has 5 nitrogen and oxygen atoms in total. The molecule has 0 spiro atoms. The number of nitrogens with one attached hydrogen (secondary N) is 1. The molecular weight excluding hydrogens is 373 g/mol. The zero-order valence-electron chi connectivity index (χ0n) is 14.8. The van der Waals surface area contributed by atoms with E-state index >= 15 is 0 Å². The highest BCUT2D eigenvalue weighted by Gasteiger charge is 2.48. The van der Waals surface area contributed by atoms with Gasteiger partial charge in [-0.2, -0.15) is 0 Å². The van der Waals surface area contributed by atoms with Crippen molar-refractivity contribution in [3.63, 3.8) is 0 Å². The van der Waals surface area contributed by atoms with Gasteiger partial charge in [-0.25, -0.2) is 0 Å². The lowest BCUT2D eigenvalue weighted by atomic mass is 9.63. The Morgan fingerprint density at radius 2 is 2.00 bits per heavy atom. The maximum Gasteiger partial charge on any atom is 0.233 e. The van der Waals surface area contributed by atoms with E-state index in [-0.39, 0.29) is 17.7 Å². The van der Waals surface area contributed by atoms with E-state index in [1.165, 1.54) is 0 Å². The van der Waals surface area contributed by atoms with Crippen LogP contribution in [0.2, 0.25) is 10.0 Å². The predicted molar refractivity (Wildman–Crippen MR) is 103 cm³/mol. The van der Waals surface area contributed by atoms with Gasteiger partial charge < -0.3 is 16.0 Å². The number of carbonyl (C=O) groups is 2. The highest BCUT2D eigenvalue weighted by atomic mass is 35.5. The Hall–Kier alpha value is -1.30. The third-order valence-electron chi connectivity index (χ3n) is 5.61. The van der Waals surface area contributed by atoms with E-state index in [0.717, 1.165) is 37.7 Å². The lowest BCUT2D eigenvalue weighted by Gasteiger charge is -2.45. The molecule has 1 aliphatic carbocycles. The number of rotatable bonds is 5. The topological polar surface area (TPSA) is 75.4 Å². The molecule has 0 radical (unpaired) electrons. The average molecular weight is 398 g/mol. The minimum absolute atomic E-state index is 0.00912. The molecule has 26 heavy (non-hydrogen) atoms. The molecule has 1 aromatic carbocycles. The Kier molecular flexibility index (Phi) is 6.10. The highest BCUT2D eigenvalue weighted by molar-refractivity contribution is 6.42. The van der Waals surface area contributed by atoms with E-state index in [4.69, 9.17) is 28.9 Å². The fraction of sp³-hybridized carbons (Fsp3) is 0.579. The summed E-state index contributed by atoms with van der Waals surface area (Å²) in [5.74, 6) is -0.0613. The SMILES string of the molecule is NCCNC(=O)C1CCCN(C(=O)C2(c3ccc(Cl)c(Cl)c3)CCC2)C1. The third kappa shape index (κ3) is 3.71. The molecule has 142 valence electrons. The second kappa shape index (κ2) is 8.15. The van der Waals surface area contributed by atoms with Gasteiger partial charge in [0.1, 0.15) is 0 Å². The molecule has 3 rings (SSSR count). The molecular formula is C19H25Cl2N3O2. The van der Waals surface area contributed by atoms with Gasteiger partial charge in [-0.15, -0.1) is 0 Å². The molecule has 2 aliphatic rings. The van der Waals surface area contributed by atoms with Crippen LogP contribution in [0.3, 0.4) is 0 Å². The summed E-state index contributed by atoms with van der Waals surface area (Å²) in [5.41, 5.74) is 5.86. The summed E-state index contributed by atoms with van der Waals surface area (Å²) in [7, 11) is 0. The molecule has 1 atom stereocenters. The fourth-order valence-corrected chi connectivity index (χ4v) is 4.27. The molecule has 2 fully saturated rings. The first kappa shape index (κ1) is 19.5. The maximum absolute atomic E-state index is 13.4. The van der Waals surface area contributed by atoms with Crippen molar-refractivity contribution in [2.75, 3.05) is 26.2 Å². The maximum atomic E-state index is 13.4. The quantitative estimate of drug-likeness (QED) is 0.801. The predicted octanol–water partition coefficient (Wildman–Crippen LogP) is 2.73. The average Bonchev–Trinajstić information content (AvgIpc) is 2.61. The molecule has 0 bridgehead atoms. The zero-order chi connectivity index (χ0) is 18.7. The first-order valence-corrected chi connectivity index (χ1v) is 9.96. The lowest BCUT2D eigenvalue weighted by molar-refractivity contribution is -0.144. The molecule has 1 heterocycles. The Bertz CT molecular complexity index is 691. The molecule has 1 unspecified atom stereocenters. The minimum Gasteiger partial charge on any atom is -0.355 e. The van der Waals surface area contributed by atoms with Crippen molar-refractivity contribution in [2.24, 2.45) is 11.7 Å². The summed E-state index contributed by atoms with van der Waals surface area (Å²) in [6.07, 6.45) is 4.28. The van der Waals surface area contributed by atoms with Crippen LogP contribution in [0.4, 0.5) is 0 Å². The van der Waals surface area contributed by atoms with Gasteiger partial charge in [0.2, 0.25) is 11.8 Å².